The number of allylic oxidation sites excluding steroid dienone is 1. The lowest BCUT2D eigenvalue weighted by Crippen LogP contribution is -2.72. The maximum atomic E-state index is 12.9. The molecule has 33 heavy (non-hydrogen) atoms. The first-order valence-electron chi connectivity index (χ1n) is 9.53. The summed E-state index contributed by atoms with van der Waals surface area (Å²) in [4.78, 5) is 53.0. The normalized spacial score (nSPS) is 20.2. The number of thioether (sulfide) groups is 1. The highest BCUT2D eigenvalue weighted by atomic mass is 35.5. The minimum absolute atomic E-state index is 0.0351. The number of hydrogen-bond acceptors (Lipinski definition) is 10. The summed E-state index contributed by atoms with van der Waals surface area (Å²) < 4.78 is 0.145. The minimum atomic E-state index is -1.21. The molecule has 11 nitrogen and oxygen atoms in total. The Morgan fingerprint density at radius 2 is 2.15 bits per heavy atom. The second kappa shape index (κ2) is 9.37. The lowest BCUT2D eigenvalue weighted by atomic mass is 9.86. The fourth-order valence-corrected chi connectivity index (χ4v) is 5.61. The van der Waals surface area contributed by atoms with Crippen LogP contribution in [-0.2, 0) is 19.2 Å². The third kappa shape index (κ3) is 4.38. The second-order valence-corrected chi connectivity index (χ2v) is 9.73. The summed E-state index contributed by atoms with van der Waals surface area (Å²) in [6, 6.07) is 2.10. The maximum Gasteiger partial charge on any atom is 0.353 e. The molecule has 2 atom stereocenters. The standard InChI is InChI=1S/C19H17ClN6O5S2/c1-31-25-13(12-15(20)33-19(21)24-12)16(27)23-11-9-2-3-10(32-8-4-6-22-7-5-8)14(18(29)30)26(9)17(11)28/h4-7,9,11H,2-3H2,1H3,(H2,21,24)(H,23,27)(H,29,30). The van der Waals surface area contributed by atoms with Crippen molar-refractivity contribution in [1.29, 1.82) is 0 Å². The van der Waals surface area contributed by atoms with Gasteiger partial charge in [0.1, 0.15) is 28.9 Å². The molecule has 0 radical (unpaired) electrons. The summed E-state index contributed by atoms with van der Waals surface area (Å²) in [5.74, 6) is -2.47. The molecule has 0 aliphatic carbocycles. The fraction of sp³-hybridized carbons (Fsp3) is 0.263. The van der Waals surface area contributed by atoms with Crippen LogP contribution in [0, 0.1) is 0 Å². The first-order chi connectivity index (χ1) is 15.8. The number of oxime groups is 1. The molecule has 0 saturated carbocycles. The zero-order valence-corrected chi connectivity index (χ0v) is 19.4. The van der Waals surface area contributed by atoms with Crippen LogP contribution in [0.2, 0.25) is 4.34 Å². The molecular weight excluding hydrogens is 492 g/mol. The molecule has 0 spiro atoms. The summed E-state index contributed by atoms with van der Waals surface area (Å²) in [6.45, 7) is 0. The van der Waals surface area contributed by atoms with Crippen LogP contribution in [0.15, 0.2) is 45.2 Å². The fourth-order valence-electron chi connectivity index (χ4n) is 3.63. The summed E-state index contributed by atoms with van der Waals surface area (Å²) >= 11 is 8.33. The van der Waals surface area contributed by atoms with Crippen molar-refractivity contribution in [3.05, 3.63) is 45.2 Å². The number of thiazole rings is 1. The molecule has 172 valence electrons. The smallest absolute Gasteiger partial charge is 0.353 e. The van der Waals surface area contributed by atoms with E-state index in [0.29, 0.717) is 17.7 Å². The van der Waals surface area contributed by atoms with E-state index in [2.05, 4.69) is 20.4 Å². The number of nitrogens with zero attached hydrogens (tertiary/aromatic N) is 4. The minimum Gasteiger partial charge on any atom is -0.477 e. The van der Waals surface area contributed by atoms with Crippen molar-refractivity contribution in [3.63, 3.8) is 0 Å². The van der Waals surface area contributed by atoms with Crippen molar-refractivity contribution >= 4 is 63.3 Å². The Hall–Kier alpha value is -3.16. The molecule has 2 aromatic rings. The Labute approximate surface area is 200 Å². The SMILES string of the molecule is CON=C(C(=O)NC1C(=O)N2C(C(=O)O)=C(Sc3ccncc3)CCC12)c1nc(N)sc1Cl. The number of anilines is 1. The Morgan fingerprint density at radius 3 is 2.76 bits per heavy atom. The third-order valence-electron chi connectivity index (χ3n) is 5.00. The number of aromatic nitrogens is 2. The van der Waals surface area contributed by atoms with Gasteiger partial charge in [0.25, 0.3) is 11.8 Å². The maximum absolute atomic E-state index is 12.9. The molecule has 2 aliphatic rings. The Morgan fingerprint density at radius 1 is 1.42 bits per heavy atom. The third-order valence-corrected chi connectivity index (χ3v) is 7.23. The van der Waals surface area contributed by atoms with Gasteiger partial charge in [0.2, 0.25) is 0 Å². The molecule has 2 unspecified atom stereocenters. The van der Waals surface area contributed by atoms with E-state index in [1.165, 1.54) is 23.8 Å². The molecule has 4 heterocycles. The van der Waals surface area contributed by atoms with Gasteiger partial charge in [-0.25, -0.2) is 9.78 Å². The van der Waals surface area contributed by atoms with E-state index in [4.69, 9.17) is 22.2 Å². The number of nitrogens with two attached hydrogens (primary N) is 1. The quantitative estimate of drug-likeness (QED) is 0.287. The highest BCUT2D eigenvalue weighted by molar-refractivity contribution is 8.03. The van der Waals surface area contributed by atoms with Gasteiger partial charge in [0, 0.05) is 22.2 Å². The topological polar surface area (TPSA) is 160 Å². The van der Waals surface area contributed by atoms with Crippen molar-refractivity contribution < 1.29 is 24.3 Å². The number of amides is 2. The van der Waals surface area contributed by atoms with Crippen LogP contribution in [0.25, 0.3) is 0 Å². The number of carbonyl (C=O) groups excluding carboxylic acids is 2. The average molecular weight is 509 g/mol. The van der Waals surface area contributed by atoms with Crippen molar-refractivity contribution in [3.8, 4) is 0 Å². The number of aliphatic carboxylic acids is 1. The number of carboxylic acid groups (broad SMARTS) is 1. The van der Waals surface area contributed by atoms with E-state index in [1.54, 1.807) is 24.5 Å². The number of carbonyl (C=O) groups is 3. The van der Waals surface area contributed by atoms with Crippen LogP contribution >= 0.6 is 34.7 Å². The Bertz CT molecular complexity index is 1180. The van der Waals surface area contributed by atoms with Gasteiger partial charge in [0.05, 0.1) is 6.04 Å². The highest BCUT2D eigenvalue weighted by Crippen LogP contribution is 2.43. The molecule has 1 saturated heterocycles. The van der Waals surface area contributed by atoms with Crippen molar-refractivity contribution in [1.82, 2.24) is 20.2 Å². The number of carboxylic acids is 1. The van der Waals surface area contributed by atoms with Gasteiger partial charge in [-0.15, -0.1) is 0 Å². The average Bonchev–Trinajstić information content (AvgIpc) is 3.13. The first-order valence-corrected chi connectivity index (χ1v) is 11.5. The number of pyridine rings is 1. The van der Waals surface area contributed by atoms with Crippen molar-refractivity contribution in [2.24, 2.45) is 5.16 Å². The van der Waals surface area contributed by atoms with Crippen LogP contribution in [0.4, 0.5) is 5.13 Å². The predicted molar refractivity (Wildman–Crippen MR) is 122 cm³/mol. The zero-order valence-electron chi connectivity index (χ0n) is 17.0. The van der Waals surface area contributed by atoms with Crippen LogP contribution in [-0.4, -0.2) is 62.7 Å². The van der Waals surface area contributed by atoms with E-state index < -0.39 is 29.9 Å². The van der Waals surface area contributed by atoms with Gasteiger partial charge in [-0.05, 0) is 25.0 Å². The number of halogens is 1. The second-order valence-electron chi connectivity index (χ2n) is 6.92. The number of fused-ring (bicyclic) bond motifs is 1. The number of nitrogens with one attached hydrogen (secondary N) is 1. The van der Waals surface area contributed by atoms with E-state index >= 15 is 0 Å². The van der Waals surface area contributed by atoms with Crippen LogP contribution in [0.3, 0.4) is 0 Å². The first kappa shape index (κ1) is 23.0. The van der Waals surface area contributed by atoms with Crippen molar-refractivity contribution in [2.45, 2.75) is 29.8 Å². The van der Waals surface area contributed by atoms with E-state index in [9.17, 15) is 19.5 Å². The number of β-lactam (4-membered cyclic amide) rings is 1. The molecule has 14 heteroatoms. The van der Waals surface area contributed by atoms with Gasteiger partial charge in [0.15, 0.2) is 10.8 Å². The largest absolute Gasteiger partial charge is 0.477 e. The molecule has 2 amide bonds. The zero-order chi connectivity index (χ0) is 23.7. The summed E-state index contributed by atoms with van der Waals surface area (Å²) in [5, 5.41) is 16.2. The number of hydrogen-bond donors (Lipinski definition) is 3. The summed E-state index contributed by atoms with van der Waals surface area (Å²) in [7, 11) is 1.25. The van der Waals surface area contributed by atoms with Gasteiger partial charge in [-0.3, -0.25) is 19.5 Å². The molecule has 2 aromatic heterocycles. The Kier molecular flexibility index (Phi) is 6.54. The lowest BCUT2D eigenvalue weighted by molar-refractivity contribution is -0.155. The van der Waals surface area contributed by atoms with Crippen molar-refractivity contribution in [2.75, 3.05) is 12.8 Å². The van der Waals surface area contributed by atoms with Gasteiger partial charge in [-0.2, -0.15) is 0 Å². The summed E-state index contributed by atoms with van der Waals surface area (Å²) in [6.07, 6.45) is 4.12. The van der Waals surface area contributed by atoms with E-state index in [1.807, 2.05) is 0 Å². The molecule has 1 fully saturated rings. The van der Waals surface area contributed by atoms with Gasteiger partial charge >= 0.3 is 5.97 Å². The predicted octanol–water partition coefficient (Wildman–Crippen LogP) is 1.70. The van der Waals surface area contributed by atoms with E-state index in [0.717, 1.165) is 16.2 Å². The Balaban J connectivity index is 1.54. The lowest BCUT2D eigenvalue weighted by Gasteiger charge is -2.50. The summed E-state index contributed by atoms with van der Waals surface area (Å²) in [5.41, 5.74) is 5.36. The van der Waals surface area contributed by atoms with Crippen LogP contribution in [0.5, 0.6) is 0 Å². The highest BCUT2D eigenvalue weighted by Gasteiger charge is 2.53. The molecule has 0 bridgehead atoms. The van der Waals surface area contributed by atoms with Gasteiger partial charge in [-0.1, -0.05) is 39.9 Å². The van der Waals surface area contributed by atoms with E-state index in [-0.39, 0.29) is 26.6 Å². The molecule has 4 N–H and O–H groups in total. The van der Waals surface area contributed by atoms with Crippen LogP contribution < -0.4 is 11.1 Å². The molecular formula is C19H17ClN6O5S2. The molecule has 0 aromatic carbocycles. The monoisotopic (exact) mass is 508 g/mol. The number of nitrogen functional groups attached to an aromatic ring is 1. The molecule has 2 aliphatic heterocycles. The molecule has 4 rings (SSSR count). The number of rotatable bonds is 7. The van der Waals surface area contributed by atoms with Gasteiger partial charge < -0.3 is 21.0 Å². The van der Waals surface area contributed by atoms with Crippen LogP contribution in [0.1, 0.15) is 18.5 Å².